The quantitative estimate of drug-likeness (QED) is 0.0774. The van der Waals surface area contributed by atoms with E-state index >= 15 is 0 Å². The minimum Gasteiger partial charge on any atom is -0.435 e. The Morgan fingerprint density at radius 1 is 0.562 bits per heavy atom. The summed E-state index contributed by atoms with van der Waals surface area (Å²) in [6, 6.07) is 32.4. The molecule has 3 aliphatic rings. The number of thiazole rings is 1. The normalized spacial score (nSPS) is 14.2. The number of halogens is 4. The summed E-state index contributed by atoms with van der Waals surface area (Å²) in [7, 11) is 0. The summed E-state index contributed by atoms with van der Waals surface area (Å²) in [6.45, 7) is 16.0. The predicted molar refractivity (Wildman–Crippen MR) is 354 cm³/mol. The zero-order valence-electron chi connectivity index (χ0n) is 54.9. The Bertz CT molecular complexity index is 4270. The Kier molecular flexibility index (Phi) is 21.6. The summed E-state index contributed by atoms with van der Waals surface area (Å²) in [5.74, 6) is 1.78. The number of carbonyl (C=O) groups is 3. The predicted octanol–water partition coefficient (Wildman–Crippen LogP) is 11.7. The number of rotatable bonds is 17. The molecule has 3 amide bonds. The third kappa shape index (κ3) is 16.4. The molecular weight excluding hydrogens is 1250 g/mol. The van der Waals surface area contributed by atoms with E-state index in [0.717, 1.165) is 106 Å². The molecule has 10 aromatic rings. The second-order valence-electron chi connectivity index (χ2n) is 23.8. The third-order valence-corrected chi connectivity index (χ3v) is 18.4. The monoisotopic (exact) mass is 1330 g/mol. The number of amides is 3. The van der Waals surface area contributed by atoms with E-state index in [9.17, 15) is 31.9 Å². The number of benzene rings is 4. The lowest BCUT2D eigenvalue weighted by atomic mass is 9.97. The molecule has 9 heterocycles. The molecular formula is C70H77F4N15O6S. The standard InChI is InChI=1S/C26H24F2N4O2S.C23H28FN5O2.C21H25FN6O2/c1-17-29-21-11-13-31(14-12-24(21)35-17)25(33)16-32-23(19-5-3-2-4-6-19)15-22(30-32)18-7-9-20(10-8-18)34-26(27)28;1-4-18-13-20(17-6-7-19(24)15(3)12-17)27-29(18)14-22(30)28-10-8-16(9-11-28)23-26-25-21(5-2)31-23;1-4-17-12-19(16-5-6-18(22)14(2)11-16)25-28(17)13-20(29)26-7-9-27(10-8-26)21-24-23-15(3)30-21/h2-10,15,26H,11-14,16H2,1H3;6-7,12-13,16H,4-5,8-11,14H2,1-3H3;5-6,11-12H,4,7-10,13H2,1-3H3. The molecule has 0 saturated carbocycles. The van der Waals surface area contributed by atoms with E-state index in [2.05, 4.69) is 40.3 Å². The molecule has 0 bridgehead atoms. The van der Waals surface area contributed by atoms with Crippen LogP contribution in [-0.2, 0) is 66.1 Å². The first-order valence-corrected chi connectivity index (χ1v) is 33.2. The van der Waals surface area contributed by atoms with Crippen LogP contribution in [0.3, 0.4) is 0 Å². The number of ether oxygens (including phenoxy) is 1. The summed E-state index contributed by atoms with van der Waals surface area (Å²) in [5.41, 5.74) is 10.6. The van der Waals surface area contributed by atoms with Crippen LogP contribution in [0, 0.1) is 39.3 Å². The zero-order valence-corrected chi connectivity index (χ0v) is 55.7. The molecule has 2 fully saturated rings. The highest BCUT2D eigenvalue weighted by Crippen LogP contribution is 2.32. The van der Waals surface area contributed by atoms with E-state index in [-0.39, 0.29) is 60.7 Å². The number of aryl methyl sites for hydroxylation is 7. The van der Waals surface area contributed by atoms with Crippen molar-refractivity contribution in [2.24, 2.45) is 0 Å². The molecule has 6 aromatic heterocycles. The van der Waals surface area contributed by atoms with Gasteiger partial charge in [-0.15, -0.1) is 26.6 Å². The van der Waals surface area contributed by atoms with E-state index in [1.807, 2.05) is 95.8 Å². The van der Waals surface area contributed by atoms with Crippen LogP contribution in [0.5, 0.6) is 5.75 Å². The first kappa shape index (κ1) is 67.6. The molecule has 502 valence electrons. The number of carbonyl (C=O) groups excluding carboxylic acids is 3. The van der Waals surface area contributed by atoms with Crippen molar-refractivity contribution in [2.45, 2.75) is 126 Å². The summed E-state index contributed by atoms with van der Waals surface area (Å²) in [5, 5.41) is 31.2. The minimum absolute atomic E-state index is 0.00406. The molecule has 21 nitrogen and oxygen atoms in total. The van der Waals surface area contributed by atoms with Crippen molar-refractivity contribution < 1.29 is 45.5 Å². The Morgan fingerprint density at radius 2 is 1.10 bits per heavy atom. The Labute approximate surface area is 557 Å². The van der Waals surface area contributed by atoms with Crippen LogP contribution < -0.4 is 9.64 Å². The summed E-state index contributed by atoms with van der Waals surface area (Å²) in [6.07, 6.45) is 5.45. The molecule has 0 spiro atoms. The maximum atomic E-state index is 13.6. The first-order chi connectivity index (χ1) is 46.4. The van der Waals surface area contributed by atoms with E-state index in [1.54, 1.807) is 82.6 Å². The topological polar surface area (TPSA) is 218 Å². The molecule has 0 aliphatic carbocycles. The van der Waals surface area contributed by atoms with Gasteiger partial charge >= 0.3 is 12.6 Å². The van der Waals surface area contributed by atoms with Crippen molar-refractivity contribution in [3.8, 4) is 50.8 Å². The second kappa shape index (κ2) is 30.7. The van der Waals surface area contributed by atoms with Crippen LogP contribution in [0.4, 0.5) is 23.6 Å². The number of alkyl halides is 2. The highest BCUT2D eigenvalue weighted by molar-refractivity contribution is 7.11. The first-order valence-electron chi connectivity index (χ1n) is 32.4. The summed E-state index contributed by atoms with van der Waals surface area (Å²) in [4.78, 5) is 52.6. The van der Waals surface area contributed by atoms with E-state index < -0.39 is 6.61 Å². The Balaban J connectivity index is 0.000000147. The Hall–Kier alpha value is -9.85. The highest BCUT2D eigenvalue weighted by Gasteiger charge is 2.30. The third-order valence-electron chi connectivity index (χ3n) is 17.3. The maximum Gasteiger partial charge on any atom is 0.387 e. The van der Waals surface area contributed by atoms with Gasteiger partial charge < -0.3 is 33.2 Å². The molecule has 0 N–H and O–H groups in total. The van der Waals surface area contributed by atoms with Gasteiger partial charge in [-0.25, -0.2) is 13.8 Å². The number of piperazine rings is 1. The largest absolute Gasteiger partial charge is 0.435 e. The van der Waals surface area contributed by atoms with E-state index in [0.29, 0.717) is 92.9 Å². The fraction of sp³-hybridized carbons (Fsp3) is 0.386. The lowest BCUT2D eigenvalue weighted by molar-refractivity contribution is -0.133. The number of piperidine rings is 1. The van der Waals surface area contributed by atoms with Crippen LogP contribution in [0.1, 0.15) is 95.3 Å². The van der Waals surface area contributed by atoms with Gasteiger partial charge in [-0.3, -0.25) is 28.4 Å². The van der Waals surface area contributed by atoms with Gasteiger partial charge in [0.25, 0.3) is 0 Å². The number of likely N-dealkylation sites (tertiary alicyclic amines) is 1. The molecule has 96 heavy (non-hydrogen) atoms. The van der Waals surface area contributed by atoms with Gasteiger partial charge in [0.1, 0.15) is 37.0 Å². The van der Waals surface area contributed by atoms with Crippen molar-refractivity contribution in [3.05, 3.63) is 177 Å². The van der Waals surface area contributed by atoms with Crippen molar-refractivity contribution in [3.63, 3.8) is 0 Å². The lowest BCUT2D eigenvalue weighted by Crippen LogP contribution is -2.49. The van der Waals surface area contributed by atoms with Crippen molar-refractivity contribution >= 4 is 35.1 Å². The summed E-state index contributed by atoms with van der Waals surface area (Å²) < 4.78 is 73.0. The molecule has 2 saturated heterocycles. The number of nitrogens with zero attached hydrogens (tertiary/aromatic N) is 15. The molecule has 0 atom stereocenters. The minimum atomic E-state index is -2.87. The van der Waals surface area contributed by atoms with E-state index in [1.165, 1.54) is 29.1 Å². The number of anilines is 1. The van der Waals surface area contributed by atoms with Crippen LogP contribution in [-0.4, -0.2) is 146 Å². The maximum absolute atomic E-state index is 13.6. The van der Waals surface area contributed by atoms with Gasteiger partial charge in [-0.1, -0.05) is 56.2 Å². The fourth-order valence-corrected chi connectivity index (χ4v) is 12.9. The van der Waals surface area contributed by atoms with Gasteiger partial charge in [0.2, 0.25) is 35.4 Å². The lowest BCUT2D eigenvalue weighted by Gasteiger charge is -2.33. The smallest absolute Gasteiger partial charge is 0.387 e. The molecule has 0 radical (unpaired) electrons. The van der Waals surface area contributed by atoms with Gasteiger partial charge in [0.05, 0.1) is 33.5 Å². The van der Waals surface area contributed by atoms with E-state index in [4.69, 9.17) is 13.9 Å². The van der Waals surface area contributed by atoms with Crippen LogP contribution in [0.2, 0.25) is 0 Å². The average molecular weight is 1330 g/mol. The molecule has 0 unspecified atom stereocenters. The number of aromatic nitrogens is 11. The molecule has 26 heteroatoms. The Morgan fingerprint density at radius 3 is 1.65 bits per heavy atom. The van der Waals surface area contributed by atoms with Crippen LogP contribution >= 0.6 is 11.3 Å². The SMILES string of the molecule is CCc1cc(-c2ccc(F)c(C)c2)nn1CC(=O)N1CCN(c2nnc(C)o2)CC1.CCc1nnc(C2CCN(C(=O)Cn3nc(-c4ccc(F)c(C)c4)cc3CC)CC2)o1.Cc1nc2c(s1)CCN(C(=O)Cn1nc(-c3ccc(OC(F)F)cc3)cc1-c1ccccc1)CC2. The average Bonchev–Trinajstić information content (AvgIpc) is 1.74. The van der Waals surface area contributed by atoms with Gasteiger partial charge in [0, 0.05) is 117 Å². The molecule has 3 aliphatic heterocycles. The summed E-state index contributed by atoms with van der Waals surface area (Å²) >= 11 is 1.71. The number of hydrogen-bond acceptors (Lipinski definition) is 16. The van der Waals surface area contributed by atoms with Crippen molar-refractivity contribution in [2.75, 3.05) is 57.3 Å². The van der Waals surface area contributed by atoms with Gasteiger partial charge in [0.15, 0.2) is 0 Å². The van der Waals surface area contributed by atoms with Crippen molar-refractivity contribution in [1.29, 1.82) is 0 Å². The van der Waals surface area contributed by atoms with Crippen LogP contribution in [0.25, 0.3) is 45.0 Å². The zero-order chi connectivity index (χ0) is 67.6. The van der Waals surface area contributed by atoms with Crippen molar-refractivity contribution in [1.82, 2.24) is 69.4 Å². The number of hydrogen-bond donors (Lipinski definition) is 0. The fourth-order valence-electron chi connectivity index (χ4n) is 11.9. The van der Waals surface area contributed by atoms with Gasteiger partial charge in [-0.2, -0.15) is 24.1 Å². The van der Waals surface area contributed by atoms with Crippen LogP contribution in [0.15, 0.2) is 118 Å². The highest BCUT2D eigenvalue weighted by atomic mass is 32.1. The van der Waals surface area contributed by atoms with Gasteiger partial charge in [-0.05, 0) is 142 Å². The number of fused-ring (bicyclic) bond motifs is 1. The molecule has 13 rings (SSSR count). The molecule has 4 aromatic carbocycles. The second-order valence-corrected chi connectivity index (χ2v) is 25.1.